The second-order valence-corrected chi connectivity index (χ2v) is 5.33. The molecule has 0 aromatic rings. The minimum atomic E-state index is -0.253. The van der Waals surface area contributed by atoms with Crippen molar-refractivity contribution in [3.63, 3.8) is 0 Å². The maximum Gasteiger partial charge on any atom is 0.313 e. The molecule has 2 nitrogen and oxygen atoms in total. The molecule has 0 amide bonds. The first-order chi connectivity index (χ1) is 8.29. The summed E-state index contributed by atoms with van der Waals surface area (Å²) in [5.41, 5.74) is -0.253. The highest BCUT2D eigenvalue weighted by atomic mass is 16.5. The third kappa shape index (κ3) is 2.49. The van der Waals surface area contributed by atoms with Crippen LogP contribution in [0.15, 0.2) is 0 Å². The molecule has 2 atom stereocenters. The summed E-state index contributed by atoms with van der Waals surface area (Å²) in [5, 5.41) is 0. The van der Waals surface area contributed by atoms with Gasteiger partial charge in [-0.3, -0.25) is 4.79 Å². The average Bonchev–Trinajstić information content (AvgIpc) is 2.53. The van der Waals surface area contributed by atoms with Gasteiger partial charge in [-0.15, -0.1) is 11.8 Å². The van der Waals surface area contributed by atoms with Gasteiger partial charge in [0.2, 0.25) is 0 Å². The van der Waals surface area contributed by atoms with Gasteiger partial charge in [0.05, 0.1) is 12.0 Å². The van der Waals surface area contributed by atoms with Crippen molar-refractivity contribution in [3.8, 4) is 11.8 Å². The van der Waals surface area contributed by atoms with E-state index in [1.165, 1.54) is 12.8 Å². The van der Waals surface area contributed by atoms with Crippen LogP contribution in [0.3, 0.4) is 0 Å². The molecule has 0 aromatic heterocycles. The maximum atomic E-state index is 12.1. The first-order valence-electron chi connectivity index (χ1n) is 6.92. The van der Waals surface area contributed by atoms with Crippen molar-refractivity contribution >= 4 is 5.97 Å². The standard InChI is InChI=1S/C15H22O2/c1-2-3-4-7-10-15-11-8-5-6-9-13(15)12-17-14(15)16/h13H,2-3,5-6,8-12H2,1H3/t13-,15-/m1/s1. The van der Waals surface area contributed by atoms with Crippen molar-refractivity contribution in [1.82, 2.24) is 0 Å². The van der Waals surface area contributed by atoms with Crippen LogP contribution in [0.5, 0.6) is 0 Å². The lowest BCUT2D eigenvalue weighted by Crippen LogP contribution is -2.32. The van der Waals surface area contributed by atoms with Crippen molar-refractivity contribution in [3.05, 3.63) is 0 Å². The van der Waals surface area contributed by atoms with Crippen molar-refractivity contribution in [1.29, 1.82) is 0 Å². The number of hydrogen-bond donors (Lipinski definition) is 0. The zero-order valence-corrected chi connectivity index (χ0v) is 10.8. The van der Waals surface area contributed by atoms with Crippen LogP contribution in [0.25, 0.3) is 0 Å². The fourth-order valence-electron chi connectivity index (χ4n) is 3.06. The molecule has 94 valence electrons. The largest absolute Gasteiger partial charge is 0.465 e. The lowest BCUT2D eigenvalue weighted by Gasteiger charge is -2.26. The van der Waals surface area contributed by atoms with Crippen LogP contribution in [0.2, 0.25) is 0 Å². The number of carbonyl (C=O) groups is 1. The molecule has 2 aliphatic rings. The van der Waals surface area contributed by atoms with Gasteiger partial charge in [0.25, 0.3) is 0 Å². The summed E-state index contributed by atoms with van der Waals surface area (Å²) in [4.78, 5) is 12.1. The van der Waals surface area contributed by atoms with Gasteiger partial charge in [0, 0.05) is 18.8 Å². The number of unbranched alkanes of at least 4 members (excludes halogenated alkanes) is 1. The van der Waals surface area contributed by atoms with Gasteiger partial charge in [-0.25, -0.2) is 0 Å². The lowest BCUT2D eigenvalue weighted by molar-refractivity contribution is -0.146. The normalized spacial score (nSPS) is 32.1. The van der Waals surface area contributed by atoms with Gasteiger partial charge in [-0.05, 0) is 19.3 Å². The van der Waals surface area contributed by atoms with Crippen molar-refractivity contribution in [2.45, 2.75) is 58.3 Å². The minimum absolute atomic E-state index is 0.0233. The van der Waals surface area contributed by atoms with E-state index < -0.39 is 0 Å². The van der Waals surface area contributed by atoms with Crippen LogP contribution >= 0.6 is 0 Å². The SMILES string of the molecule is CCCC#CC[C@@]12CCCCC[C@@H]1COC2=O. The van der Waals surface area contributed by atoms with Crippen molar-refractivity contribution < 1.29 is 9.53 Å². The second kappa shape index (κ2) is 5.58. The Morgan fingerprint density at radius 3 is 3.06 bits per heavy atom. The van der Waals surface area contributed by atoms with Crippen LogP contribution in [0.4, 0.5) is 0 Å². The summed E-state index contributed by atoms with van der Waals surface area (Å²) in [6.07, 6.45) is 8.53. The summed E-state index contributed by atoms with van der Waals surface area (Å²) in [7, 11) is 0. The van der Waals surface area contributed by atoms with Crippen molar-refractivity contribution in [2.24, 2.45) is 11.3 Å². The van der Waals surface area contributed by atoms with Gasteiger partial charge >= 0.3 is 5.97 Å². The molecular formula is C15H22O2. The Balaban J connectivity index is 2.11. The molecule has 1 aliphatic carbocycles. The number of carbonyl (C=O) groups excluding carboxylic acids is 1. The molecule has 1 saturated heterocycles. The van der Waals surface area contributed by atoms with E-state index in [4.69, 9.17) is 4.74 Å². The van der Waals surface area contributed by atoms with Crippen LogP contribution < -0.4 is 0 Å². The number of esters is 1. The zero-order valence-electron chi connectivity index (χ0n) is 10.8. The van der Waals surface area contributed by atoms with E-state index in [0.29, 0.717) is 12.5 Å². The fourth-order valence-corrected chi connectivity index (χ4v) is 3.06. The fraction of sp³-hybridized carbons (Fsp3) is 0.800. The molecule has 0 N–H and O–H groups in total. The molecule has 2 fully saturated rings. The topological polar surface area (TPSA) is 26.3 Å². The third-order valence-electron chi connectivity index (χ3n) is 4.18. The molecular weight excluding hydrogens is 212 g/mol. The van der Waals surface area contributed by atoms with Crippen molar-refractivity contribution in [2.75, 3.05) is 6.61 Å². The smallest absolute Gasteiger partial charge is 0.313 e. The first-order valence-corrected chi connectivity index (χ1v) is 6.92. The van der Waals surface area contributed by atoms with E-state index in [9.17, 15) is 4.79 Å². The Morgan fingerprint density at radius 1 is 1.35 bits per heavy atom. The predicted molar refractivity (Wildman–Crippen MR) is 67.3 cm³/mol. The van der Waals surface area contributed by atoms with Crippen LogP contribution in [0.1, 0.15) is 58.3 Å². The highest BCUT2D eigenvalue weighted by Gasteiger charge is 2.51. The number of rotatable bonds is 2. The molecule has 0 unspecified atom stereocenters. The van der Waals surface area contributed by atoms with Crippen LogP contribution in [0, 0.1) is 23.2 Å². The predicted octanol–water partition coefficient (Wildman–Crippen LogP) is 3.30. The average molecular weight is 234 g/mol. The molecule has 0 bridgehead atoms. The highest BCUT2D eigenvalue weighted by Crippen LogP contribution is 2.47. The Kier molecular flexibility index (Phi) is 4.10. The summed E-state index contributed by atoms with van der Waals surface area (Å²) >= 11 is 0. The van der Waals surface area contributed by atoms with E-state index in [2.05, 4.69) is 18.8 Å². The van der Waals surface area contributed by atoms with E-state index in [1.54, 1.807) is 0 Å². The molecule has 2 rings (SSSR count). The molecule has 1 aliphatic heterocycles. The molecule has 0 spiro atoms. The number of cyclic esters (lactones) is 1. The summed E-state index contributed by atoms with van der Waals surface area (Å²) in [5.74, 6) is 6.85. The third-order valence-corrected chi connectivity index (χ3v) is 4.18. The molecule has 0 radical (unpaired) electrons. The maximum absolute atomic E-state index is 12.1. The summed E-state index contributed by atoms with van der Waals surface area (Å²) in [6.45, 7) is 2.76. The first kappa shape index (κ1) is 12.5. The van der Waals surface area contributed by atoms with Gasteiger partial charge in [0.15, 0.2) is 0 Å². The Hall–Kier alpha value is -0.970. The Bertz CT molecular complexity index is 337. The molecule has 0 aromatic carbocycles. The number of hydrogen-bond acceptors (Lipinski definition) is 2. The van der Waals surface area contributed by atoms with E-state index in [1.807, 2.05) is 0 Å². The van der Waals surface area contributed by atoms with E-state index in [0.717, 1.165) is 38.5 Å². The lowest BCUT2D eigenvalue weighted by atomic mass is 9.72. The summed E-state index contributed by atoms with van der Waals surface area (Å²) in [6, 6.07) is 0. The number of fused-ring (bicyclic) bond motifs is 1. The Labute approximate surface area is 104 Å². The minimum Gasteiger partial charge on any atom is -0.465 e. The van der Waals surface area contributed by atoms with Gasteiger partial charge in [0.1, 0.15) is 0 Å². The van der Waals surface area contributed by atoms with E-state index in [-0.39, 0.29) is 11.4 Å². The quantitative estimate of drug-likeness (QED) is 0.541. The second-order valence-electron chi connectivity index (χ2n) is 5.33. The van der Waals surface area contributed by atoms with Crippen LogP contribution in [-0.2, 0) is 9.53 Å². The molecule has 1 saturated carbocycles. The van der Waals surface area contributed by atoms with Gasteiger partial charge in [-0.2, -0.15) is 0 Å². The Morgan fingerprint density at radius 2 is 2.24 bits per heavy atom. The zero-order chi connectivity index (χ0) is 12.1. The van der Waals surface area contributed by atoms with Gasteiger partial charge in [-0.1, -0.05) is 26.2 Å². The molecule has 1 heterocycles. The van der Waals surface area contributed by atoms with Crippen LogP contribution in [-0.4, -0.2) is 12.6 Å². The summed E-state index contributed by atoms with van der Waals surface area (Å²) < 4.78 is 5.31. The van der Waals surface area contributed by atoms with E-state index >= 15 is 0 Å². The highest BCUT2D eigenvalue weighted by molar-refractivity contribution is 5.79. The molecule has 2 heteroatoms. The number of ether oxygens (including phenoxy) is 1. The van der Waals surface area contributed by atoms with Gasteiger partial charge < -0.3 is 4.74 Å². The monoisotopic (exact) mass is 234 g/mol. The molecule has 17 heavy (non-hydrogen) atoms.